The predicted octanol–water partition coefficient (Wildman–Crippen LogP) is 2.43. The van der Waals surface area contributed by atoms with E-state index < -0.39 is 12.2 Å². The van der Waals surface area contributed by atoms with Crippen LogP contribution in [0.15, 0.2) is 6.20 Å². The molecule has 0 N–H and O–H groups in total. The Hall–Kier alpha value is -3.02. The largest absolute Gasteiger partial charge is 0.371 e. The van der Waals surface area contributed by atoms with Crippen LogP contribution in [-0.4, -0.2) is 93.3 Å². The first-order valence-corrected chi connectivity index (χ1v) is 13.9. The molecule has 0 aliphatic heterocycles. The second kappa shape index (κ2) is 27.8. The summed E-state index contributed by atoms with van der Waals surface area (Å²) in [7, 11) is 0. The van der Waals surface area contributed by atoms with E-state index in [0.29, 0.717) is 0 Å². The summed E-state index contributed by atoms with van der Waals surface area (Å²) in [5, 5.41) is 8.56. The quantitative estimate of drug-likeness (QED) is 0.0704. The van der Waals surface area contributed by atoms with Gasteiger partial charge in [0.15, 0.2) is 0 Å². The molecule has 0 saturated heterocycles. The van der Waals surface area contributed by atoms with Crippen molar-refractivity contribution in [3.63, 3.8) is 0 Å². The minimum atomic E-state index is -0.561. The molecule has 0 radical (unpaired) electrons. The SMILES string of the molecule is CC#CCOOCC(COOCC#CC)OCC(COC(COOCC#CC)COOCC#CC)n1cc(CCC)nn1. The van der Waals surface area contributed by atoms with Gasteiger partial charge in [0.1, 0.15) is 71.1 Å². The van der Waals surface area contributed by atoms with Crippen molar-refractivity contribution in [2.45, 2.75) is 65.7 Å². The molecule has 0 amide bonds. The van der Waals surface area contributed by atoms with E-state index in [1.807, 2.05) is 6.20 Å². The maximum Gasteiger partial charge on any atom is 0.143 e. The van der Waals surface area contributed by atoms with Gasteiger partial charge < -0.3 is 9.47 Å². The van der Waals surface area contributed by atoms with Crippen LogP contribution in [0.4, 0.5) is 0 Å². The summed E-state index contributed by atoms with van der Waals surface area (Å²) in [4.78, 5) is 41.3. The van der Waals surface area contributed by atoms with Crippen molar-refractivity contribution < 1.29 is 48.6 Å². The Bertz CT molecular complexity index is 964. The summed E-state index contributed by atoms with van der Waals surface area (Å²) in [6, 6.07) is -0.388. The van der Waals surface area contributed by atoms with Crippen LogP contribution in [-0.2, 0) is 55.0 Å². The van der Waals surface area contributed by atoms with E-state index in [-0.39, 0.29) is 72.1 Å². The first kappa shape index (κ1) is 38.0. The molecule has 0 aliphatic rings. The van der Waals surface area contributed by atoms with E-state index >= 15 is 0 Å². The maximum atomic E-state index is 6.13. The van der Waals surface area contributed by atoms with Gasteiger partial charge in [0.05, 0.1) is 18.9 Å². The van der Waals surface area contributed by atoms with Crippen LogP contribution >= 0.6 is 0 Å². The summed E-state index contributed by atoms with van der Waals surface area (Å²) in [6.45, 7) is 9.96. The van der Waals surface area contributed by atoms with Crippen LogP contribution < -0.4 is 0 Å². The molecule has 0 spiro atoms. The molecular formula is C30H43N3O10. The standard InChI is InChI=1S/C30H43N3O10/c1-6-11-16-36-40-23-29(24-41-37-17-12-7-2)34-21-28(33-20-27(15-10-5)31-32-33)22-35-30(25-42-38-18-13-8-3)26-43-39-19-14-9-4/h20,28-30H,10,15-19,21-26H2,1-5H3. The topological polar surface area (TPSA) is 123 Å². The van der Waals surface area contributed by atoms with E-state index in [9.17, 15) is 0 Å². The Kier molecular flexibility index (Phi) is 24.6. The molecule has 43 heavy (non-hydrogen) atoms. The zero-order valence-electron chi connectivity index (χ0n) is 25.7. The maximum absolute atomic E-state index is 6.13. The van der Waals surface area contributed by atoms with Crippen LogP contribution in [0.3, 0.4) is 0 Å². The minimum Gasteiger partial charge on any atom is -0.371 e. The van der Waals surface area contributed by atoms with E-state index in [2.05, 4.69) is 64.6 Å². The van der Waals surface area contributed by atoms with Gasteiger partial charge in [-0.05, 0) is 34.1 Å². The highest BCUT2D eigenvalue weighted by molar-refractivity contribution is 4.96. The summed E-state index contributed by atoms with van der Waals surface area (Å²) < 4.78 is 14.0. The zero-order chi connectivity index (χ0) is 31.2. The fraction of sp³-hybridized carbons (Fsp3) is 0.667. The first-order valence-electron chi connectivity index (χ1n) is 13.9. The molecule has 1 aromatic rings. The van der Waals surface area contributed by atoms with Crippen molar-refractivity contribution in [3.8, 4) is 47.4 Å². The molecule has 1 rings (SSSR count). The molecule has 0 atom stereocenters. The van der Waals surface area contributed by atoms with Crippen molar-refractivity contribution in [3.05, 3.63) is 11.9 Å². The summed E-state index contributed by atoms with van der Waals surface area (Å²) >= 11 is 0. The number of aromatic nitrogens is 3. The Labute approximate surface area is 254 Å². The van der Waals surface area contributed by atoms with Gasteiger partial charge in [-0.3, -0.25) is 0 Å². The molecule has 1 heterocycles. The van der Waals surface area contributed by atoms with Gasteiger partial charge in [0, 0.05) is 6.20 Å². The molecule has 13 heteroatoms. The van der Waals surface area contributed by atoms with Crippen LogP contribution in [0.2, 0.25) is 0 Å². The van der Waals surface area contributed by atoms with Gasteiger partial charge in [-0.15, -0.1) is 28.8 Å². The Morgan fingerprint density at radius 2 is 1.00 bits per heavy atom. The number of hydrogen-bond donors (Lipinski definition) is 0. The number of hydrogen-bond acceptors (Lipinski definition) is 12. The van der Waals surface area contributed by atoms with Crippen molar-refractivity contribution in [2.24, 2.45) is 0 Å². The monoisotopic (exact) mass is 605 g/mol. The van der Waals surface area contributed by atoms with E-state index in [1.165, 1.54) is 0 Å². The fourth-order valence-electron chi connectivity index (χ4n) is 2.92. The summed E-state index contributed by atoms with van der Waals surface area (Å²) in [6.07, 6.45) is 2.46. The third-order valence-electron chi connectivity index (χ3n) is 5.07. The molecule has 13 nitrogen and oxygen atoms in total. The van der Waals surface area contributed by atoms with E-state index in [4.69, 9.17) is 48.6 Å². The average Bonchev–Trinajstić information content (AvgIpc) is 3.48. The van der Waals surface area contributed by atoms with Crippen LogP contribution in [0.25, 0.3) is 0 Å². The average molecular weight is 606 g/mol. The molecule has 0 bridgehead atoms. The number of rotatable bonds is 25. The molecular weight excluding hydrogens is 562 g/mol. The van der Waals surface area contributed by atoms with E-state index in [0.717, 1.165) is 18.5 Å². The minimum absolute atomic E-state index is 0.0561. The van der Waals surface area contributed by atoms with Gasteiger partial charge in [0.2, 0.25) is 0 Å². The summed E-state index contributed by atoms with van der Waals surface area (Å²) in [5.41, 5.74) is 0.852. The zero-order valence-corrected chi connectivity index (χ0v) is 25.7. The normalized spacial score (nSPS) is 10.5. The molecule has 0 aromatic carbocycles. The van der Waals surface area contributed by atoms with Crippen molar-refractivity contribution in [1.29, 1.82) is 0 Å². The van der Waals surface area contributed by atoms with Gasteiger partial charge in [0.25, 0.3) is 0 Å². The molecule has 238 valence electrons. The lowest BCUT2D eigenvalue weighted by Gasteiger charge is -2.24. The smallest absolute Gasteiger partial charge is 0.143 e. The lowest BCUT2D eigenvalue weighted by atomic mass is 10.2. The molecule has 0 saturated carbocycles. The highest BCUT2D eigenvalue weighted by Gasteiger charge is 2.22. The highest BCUT2D eigenvalue weighted by Crippen LogP contribution is 2.13. The van der Waals surface area contributed by atoms with Crippen LogP contribution in [0, 0.1) is 47.4 Å². The van der Waals surface area contributed by atoms with Crippen molar-refractivity contribution >= 4 is 0 Å². The molecule has 0 aliphatic carbocycles. The van der Waals surface area contributed by atoms with Crippen molar-refractivity contribution in [2.75, 3.05) is 66.1 Å². The van der Waals surface area contributed by atoms with E-state index in [1.54, 1.807) is 32.4 Å². The molecule has 1 aromatic heterocycles. The lowest BCUT2D eigenvalue weighted by Crippen LogP contribution is -2.33. The fourth-order valence-corrected chi connectivity index (χ4v) is 2.92. The van der Waals surface area contributed by atoms with Gasteiger partial charge >= 0.3 is 0 Å². The molecule has 0 fully saturated rings. The van der Waals surface area contributed by atoms with Gasteiger partial charge in [-0.1, -0.05) is 42.2 Å². The third-order valence-corrected chi connectivity index (χ3v) is 5.07. The molecule has 0 unspecified atom stereocenters. The summed E-state index contributed by atoms with van der Waals surface area (Å²) in [5.74, 6) is 21.9. The lowest BCUT2D eigenvalue weighted by molar-refractivity contribution is -0.330. The Balaban J connectivity index is 2.90. The highest BCUT2D eigenvalue weighted by atomic mass is 17.2. The Morgan fingerprint density at radius 1 is 0.605 bits per heavy atom. The van der Waals surface area contributed by atoms with Crippen molar-refractivity contribution in [1.82, 2.24) is 15.0 Å². The second-order valence-corrected chi connectivity index (χ2v) is 8.40. The number of ether oxygens (including phenoxy) is 2. The van der Waals surface area contributed by atoms with Crippen LogP contribution in [0.5, 0.6) is 0 Å². The van der Waals surface area contributed by atoms with Gasteiger partial charge in [-0.2, -0.15) is 0 Å². The third kappa shape index (κ3) is 20.5. The first-order chi connectivity index (χ1) is 21.2. The predicted molar refractivity (Wildman–Crippen MR) is 154 cm³/mol. The number of nitrogens with zero attached hydrogens (tertiary/aromatic N) is 3. The number of aryl methyl sites for hydroxylation is 1. The Morgan fingerprint density at radius 3 is 1.35 bits per heavy atom. The second-order valence-electron chi connectivity index (χ2n) is 8.40. The van der Waals surface area contributed by atoms with Crippen LogP contribution in [0.1, 0.15) is 52.8 Å². The van der Waals surface area contributed by atoms with Gasteiger partial charge in [-0.25, -0.2) is 43.8 Å².